The van der Waals surface area contributed by atoms with Gasteiger partial charge in [0.05, 0.1) is 0 Å². The Hall–Kier alpha value is -2.62. The summed E-state index contributed by atoms with van der Waals surface area (Å²) in [5.41, 5.74) is 1.77. The van der Waals surface area contributed by atoms with Gasteiger partial charge in [-0.1, -0.05) is 42.5 Å². The molecule has 0 aliphatic carbocycles. The van der Waals surface area contributed by atoms with E-state index in [1.54, 1.807) is 18.2 Å². The van der Waals surface area contributed by atoms with Crippen LogP contribution in [0, 0.1) is 0 Å². The van der Waals surface area contributed by atoms with Gasteiger partial charge in [0.2, 0.25) is 0 Å². The minimum Gasteiger partial charge on any atom is -0.508 e. The van der Waals surface area contributed by atoms with E-state index >= 15 is 0 Å². The molecule has 0 spiro atoms. The molecule has 0 amide bonds. The summed E-state index contributed by atoms with van der Waals surface area (Å²) in [4.78, 5) is 4.41. The van der Waals surface area contributed by atoms with Crippen LogP contribution in [0.25, 0.3) is 22.8 Å². The third kappa shape index (κ3) is 1.96. The predicted octanol–water partition coefficient (Wildman–Crippen LogP) is 2.84. The molecule has 0 saturated heterocycles. The number of hydrogen-bond donors (Lipinski definition) is 2. The highest BCUT2D eigenvalue weighted by Crippen LogP contribution is 2.22. The Morgan fingerprint density at radius 3 is 2.44 bits per heavy atom. The van der Waals surface area contributed by atoms with Crippen LogP contribution in [0.4, 0.5) is 0 Å². The molecule has 0 aliphatic heterocycles. The second-order valence-corrected chi connectivity index (χ2v) is 3.92. The zero-order chi connectivity index (χ0) is 12.4. The Morgan fingerprint density at radius 2 is 1.67 bits per heavy atom. The molecular weight excluding hydrogens is 226 g/mol. The highest BCUT2D eigenvalue weighted by Gasteiger charge is 2.07. The minimum atomic E-state index is 0.207. The molecule has 0 radical (unpaired) electrons. The molecule has 4 heteroatoms. The van der Waals surface area contributed by atoms with Gasteiger partial charge in [0, 0.05) is 11.1 Å². The fourth-order valence-corrected chi connectivity index (χ4v) is 1.76. The monoisotopic (exact) mass is 237 g/mol. The predicted molar refractivity (Wildman–Crippen MR) is 68.9 cm³/mol. The Balaban J connectivity index is 2.00. The first-order valence-corrected chi connectivity index (χ1v) is 5.60. The average molecular weight is 237 g/mol. The Morgan fingerprint density at radius 1 is 0.889 bits per heavy atom. The lowest BCUT2D eigenvalue weighted by Gasteiger charge is -1.95. The van der Waals surface area contributed by atoms with Gasteiger partial charge in [-0.25, -0.2) is 4.98 Å². The van der Waals surface area contributed by atoms with Crippen LogP contribution < -0.4 is 0 Å². The largest absolute Gasteiger partial charge is 0.508 e. The van der Waals surface area contributed by atoms with Gasteiger partial charge in [-0.3, -0.25) is 5.10 Å². The molecule has 2 N–H and O–H groups in total. The van der Waals surface area contributed by atoms with Gasteiger partial charge in [-0.15, -0.1) is 0 Å². The number of nitrogens with one attached hydrogen (secondary N) is 1. The number of H-pyrrole nitrogens is 1. The van der Waals surface area contributed by atoms with E-state index < -0.39 is 0 Å². The quantitative estimate of drug-likeness (QED) is 0.720. The number of aromatic hydroxyl groups is 1. The van der Waals surface area contributed by atoms with E-state index in [9.17, 15) is 5.11 Å². The first-order valence-electron chi connectivity index (χ1n) is 5.60. The van der Waals surface area contributed by atoms with Crippen LogP contribution in [0.3, 0.4) is 0 Å². The molecule has 0 fully saturated rings. The summed E-state index contributed by atoms with van der Waals surface area (Å²) < 4.78 is 0. The van der Waals surface area contributed by atoms with Crippen molar-refractivity contribution in [3.63, 3.8) is 0 Å². The minimum absolute atomic E-state index is 0.207. The van der Waals surface area contributed by atoms with E-state index in [0.717, 1.165) is 11.1 Å². The summed E-state index contributed by atoms with van der Waals surface area (Å²) in [6, 6.07) is 16.7. The van der Waals surface area contributed by atoms with Crippen LogP contribution >= 0.6 is 0 Å². The molecular formula is C14H11N3O. The molecule has 3 rings (SSSR count). The number of phenols is 1. The molecule has 0 bridgehead atoms. The van der Waals surface area contributed by atoms with Crippen LogP contribution in [0.1, 0.15) is 0 Å². The fraction of sp³-hybridized carbons (Fsp3) is 0. The number of benzene rings is 2. The molecule has 2 aromatic carbocycles. The second kappa shape index (κ2) is 4.33. The lowest BCUT2D eigenvalue weighted by molar-refractivity contribution is 0.475. The molecule has 0 unspecified atom stereocenters. The highest BCUT2D eigenvalue weighted by molar-refractivity contribution is 5.62. The lowest BCUT2D eigenvalue weighted by atomic mass is 10.2. The summed E-state index contributed by atoms with van der Waals surface area (Å²) in [6.45, 7) is 0. The third-order valence-corrected chi connectivity index (χ3v) is 2.64. The topological polar surface area (TPSA) is 61.8 Å². The van der Waals surface area contributed by atoms with E-state index in [0.29, 0.717) is 11.6 Å². The van der Waals surface area contributed by atoms with E-state index in [-0.39, 0.29) is 5.75 Å². The van der Waals surface area contributed by atoms with Gasteiger partial charge >= 0.3 is 0 Å². The molecule has 88 valence electrons. The number of aromatic amines is 1. The van der Waals surface area contributed by atoms with Gasteiger partial charge in [-0.2, -0.15) is 5.10 Å². The smallest absolute Gasteiger partial charge is 0.181 e. The highest BCUT2D eigenvalue weighted by atomic mass is 16.3. The first kappa shape index (κ1) is 10.5. The number of nitrogens with zero attached hydrogens (tertiary/aromatic N) is 2. The van der Waals surface area contributed by atoms with E-state index in [4.69, 9.17) is 0 Å². The summed E-state index contributed by atoms with van der Waals surface area (Å²) in [5, 5.41) is 16.5. The van der Waals surface area contributed by atoms with E-state index in [2.05, 4.69) is 15.2 Å². The lowest BCUT2D eigenvalue weighted by Crippen LogP contribution is -1.80. The van der Waals surface area contributed by atoms with Crippen LogP contribution in [0.15, 0.2) is 54.6 Å². The Kier molecular flexibility index (Phi) is 2.53. The van der Waals surface area contributed by atoms with Gasteiger partial charge in [0.25, 0.3) is 0 Å². The van der Waals surface area contributed by atoms with Crippen molar-refractivity contribution in [3.8, 4) is 28.5 Å². The zero-order valence-corrected chi connectivity index (χ0v) is 9.54. The fourth-order valence-electron chi connectivity index (χ4n) is 1.76. The molecule has 3 aromatic rings. The van der Waals surface area contributed by atoms with Crippen LogP contribution in [-0.2, 0) is 0 Å². The van der Waals surface area contributed by atoms with Crippen molar-refractivity contribution < 1.29 is 5.11 Å². The van der Waals surface area contributed by atoms with Gasteiger partial charge in [0.15, 0.2) is 11.6 Å². The molecule has 4 nitrogen and oxygen atoms in total. The summed E-state index contributed by atoms with van der Waals surface area (Å²) >= 11 is 0. The molecule has 0 saturated carbocycles. The van der Waals surface area contributed by atoms with Crippen LogP contribution in [0.2, 0.25) is 0 Å². The maximum Gasteiger partial charge on any atom is 0.181 e. The average Bonchev–Trinajstić information content (AvgIpc) is 2.89. The molecule has 0 atom stereocenters. The molecule has 1 aromatic heterocycles. The van der Waals surface area contributed by atoms with E-state index in [1.807, 2.05) is 36.4 Å². The van der Waals surface area contributed by atoms with Crippen molar-refractivity contribution in [2.24, 2.45) is 0 Å². The molecule has 0 aliphatic rings. The summed E-state index contributed by atoms with van der Waals surface area (Å²) in [5.74, 6) is 1.50. The van der Waals surface area contributed by atoms with Gasteiger partial charge in [-0.05, 0) is 12.1 Å². The maximum atomic E-state index is 9.43. The van der Waals surface area contributed by atoms with Gasteiger partial charge in [0.1, 0.15) is 5.75 Å². The van der Waals surface area contributed by atoms with Crippen LogP contribution in [0.5, 0.6) is 5.75 Å². The molecule has 1 heterocycles. The number of hydrogen-bond acceptors (Lipinski definition) is 3. The van der Waals surface area contributed by atoms with Crippen molar-refractivity contribution >= 4 is 0 Å². The van der Waals surface area contributed by atoms with Crippen molar-refractivity contribution in [2.75, 3.05) is 0 Å². The van der Waals surface area contributed by atoms with Crippen molar-refractivity contribution in [2.45, 2.75) is 0 Å². The van der Waals surface area contributed by atoms with Crippen molar-refractivity contribution in [1.82, 2.24) is 15.2 Å². The number of phenolic OH excluding ortho intramolecular Hbond substituents is 1. The second-order valence-electron chi connectivity index (χ2n) is 3.92. The standard InChI is InChI=1S/C14H11N3O/c18-12-8-4-7-11(9-12)14-15-13(16-17-14)10-5-2-1-3-6-10/h1-9,18H,(H,15,16,17). The molecule has 18 heavy (non-hydrogen) atoms. The van der Waals surface area contributed by atoms with Crippen molar-refractivity contribution in [1.29, 1.82) is 0 Å². The normalized spacial score (nSPS) is 10.4. The number of aromatic nitrogens is 3. The van der Waals surface area contributed by atoms with E-state index in [1.165, 1.54) is 0 Å². The van der Waals surface area contributed by atoms with Gasteiger partial charge < -0.3 is 5.11 Å². The van der Waals surface area contributed by atoms with Crippen molar-refractivity contribution in [3.05, 3.63) is 54.6 Å². The summed E-state index contributed by atoms with van der Waals surface area (Å²) in [7, 11) is 0. The van der Waals surface area contributed by atoms with Crippen LogP contribution in [-0.4, -0.2) is 20.3 Å². The number of rotatable bonds is 2. The maximum absolute atomic E-state index is 9.43. The summed E-state index contributed by atoms with van der Waals surface area (Å²) in [6.07, 6.45) is 0. The SMILES string of the molecule is Oc1cccc(-c2n[nH]c(-c3ccccc3)n2)c1. The first-order chi connectivity index (χ1) is 8.83. The Labute approximate surface area is 104 Å². The third-order valence-electron chi connectivity index (χ3n) is 2.64. The zero-order valence-electron chi connectivity index (χ0n) is 9.54. The Bertz CT molecular complexity index is 662.